The zero-order valence-electron chi connectivity index (χ0n) is 11.0. The molecule has 7 heteroatoms. The van der Waals surface area contributed by atoms with E-state index >= 15 is 0 Å². The van der Waals surface area contributed by atoms with Crippen molar-refractivity contribution >= 4 is 17.2 Å². The highest BCUT2D eigenvalue weighted by Gasteiger charge is 2.13. The Morgan fingerprint density at radius 3 is 2.81 bits per heavy atom. The van der Waals surface area contributed by atoms with Crippen molar-refractivity contribution in [3.8, 4) is 11.1 Å². The lowest BCUT2D eigenvalue weighted by Gasteiger charge is -2.07. The summed E-state index contributed by atoms with van der Waals surface area (Å²) in [6.07, 6.45) is 3.09. The van der Waals surface area contributed by atoms with Crippen LogP contribution in [0, 0.1) is 5.82 Å². The molecule has 0 saturated carbocycles. The molecule has 0 saturated heterocycles. The van der Waals surface area contributed by atoms with Gasteiger partial charge in [-0.15, -0.1) is 0 Å². The van der Waals surface area contributed by atoms with E-state index in [-0.39, 0.29) is 17.3 Å². The van der Waals surface area contributed by atoms with Gasteiger partial charge in [-0.3, -0.25) is 4.40 Å². The molecule has 0 bridgehead atoms. The van der Waals surface area contributed by atoms with Crippen molar-refractivity contribution in [3.05, 3.63) is 57.6 Å². The third-order valence-corrected chi connectivity index (χ3v) is 3.51. The van der Waals surface area contributed by atoms with Gasteiger partial charge in [0.25, 0.3) is 0 Å². The molecule has 1 aromatic carbocycles. The number of aliphatic hydroxyl groups is 1. The van der Waals surface area contributed by atoms with E-state index in [1.165, 1.54) is 27.3 Å². The van der Waals surface area contributed by atoms with E-state index in [0.717, 1.165) is 0 Å². The SMILES string of the molecule is Cn1cc(-c2ccc(F)c(Cl)c2)c2nc(CO)cn2c1=O. The highest BCUT2D eigenvalue weighted by Crippen LogP contribution is 2.27. The fourth-order valence-corrected chi connectivity index (χ4v) is 2.37. The van der Waals surface area contributed by atoms with Crippen LogP contribution >= 0.6 is 11.6 Å². The molecule has 3 aromatic rings. The van der Waals surface area contributed by atoms with E-state index in [2.05, 4.69) is 4.98 Å². The van der Waals surface area contributed by atoms with Crippen LogP contribution < -0.4 is 5.69 Å². The van der Waals surface area contributed by atoms with Crippen molar-refractivity contribution < 1.29 is 9.50 Å². The molecule has 0 amide bonds. The van der Waals surface area contributed by atoms with Gasteiger partial charge in [0, 0.05) is 25.0 Å². The Morgan fingerprint density at radius 1 is 1.38 bits per heavy atom. The predicted molar refractivity (Wildman–Crippen MR) is 76.8 cm³/mol. The molecule has 2 heterocycles. The van der Waals surface area contributed by atoms with E-state index < -0.39 is 5.82 Å². The summed E-state index contributed by atoms with van der Waals surface area (Å²) in [5.74, 6) is -0.513. The molecule has 0 aliphatic heterocycles. The normalized spacial score (nSPS) is 11.2. The molecule has 0 radical (unpaired) electrons. The van der Waals surface area contributed by atoms with Crippen LogP contribution in [0.5, 0.6) is 0 Å². The molecular formula is C14H11ClFN3O2. The van der Waals surface area contributed by atoms with Gasteiger partial charge in [0.2, 0.25) is 0 Å². The van der Waals surface area contributed by atoms with E-state index in [1.807, 2.05) is 0 Å². The summed E-state index contributed by atoms with van der Waals surface area (Å²) in [7, 11) is 1.61. The van der Waals surface area contributed by atoms with Crippen LogP contribution in [0.3, 0.4) is 0 Å². The maximum atomic E-state index is 13.3. The number of aliphatic hydroxyl groups excluding tert-OH is 1. The molecule has 5 nitrogen and oxygen atoms in total. The Hall–Kier alpha value is -2.18. The number of fused-ring (bicyclic) bond motifs is 1. The molecule has 1 N–H and O–H groups in total. The van der Waals surface area contributed by atoms with E-state index in [0.29, 0.717) is 22.5 Å². The van der Waals surface area contributed by atoms with Gasteiger partial charge in [-0.05, 0) is 17.7 Å². The summed E-state index contributed by atoms with van der Waals surface area (Å²) in [6, 6.07) is 4.30. The summed E-state index contributed by atoms with van der Waals surface area (Å²) in [5, 5.41) is 9.18. The van der Waals surface area contributed by atoms with Crippen LogP contribution in [-0.4, -0.2) is 19.1 Å². The Labute approximate surface area is 123 Å². The molecule has 0 spiro atoms. The first-order valence-electron chi connectivity index (χ1n) is 6.15. The average molecular weight is 308 g/mol. The first-order chi connectivity index (χ1) is 10.0. The molecule has 0 aliphatic rings. The summed E-state index contributed by atoms with van der Waals surface area (Å²) in [4.78, 5) is 16.3. The van der Waals surface area contributed by atoms with E-state index in [4.69, 9.17) is 11.6 Å². The number of hydrogen-bond donors (Lipinski definition) is 1. The van der Waals surface area contributed by atoms with Crippen molar-refractivity contribution in [1.82, 2.24) is 14.0 Å². The number of imidazole rings is 1. The van der Waals surface area contributed by atoms with Crippen molar-refractivity contribution in [3.63, 3.8) is 0 Å². The summed E-state index contributed by atoms with van der Waals surface area (Å²) in [6.45, 7) is -0.269. The van der Waals surface area contributed by atoms with Gasteiger partial charge in [-0.1, -0.05) is 17.7 Å². The zero-order valence-corrected chi connectivity index (χ0v) is 11.8. The lowest BCUT2D eigenvalue weighted by Crippen LogP contribution is -2.23. The molecule has 2 aromatic heterocycles. The summed E-state index contributed by atoms with van der Waals surface area (Å²) >= 11 is 5.81. The van der Waals surface area contributed by atoms with Crippen LogP contribution in [0.2, 0.25) is 5.02 Å². The molecule has 0 atom stereocenters. The highest BCUT2D eigenvalue weighted by molar-refractivity contribution is 6.31. The van der Waals surface area contributed by atoms with Gasteiger partial charge >= 0.3 is 5.69 Å². The molecule has 21 heavy (non-hydrogen) atoms. The smallest absolute Gasteiger partial charge is 0.333 e. The summed E-state index contributed by atoms with van der Waals surface area (Å²) in [5.41, 5.74) is 1.75. The van der Waals surface area contributed by atoms with Crippen LogP contribution in [0.4, 0.5) is 4.39 Å². The third kappa shape index (κ3) is 2.22. The topological polar surface area (TPSA) is 59.5 Å². The van der Waals surface area contributed by atoms with Crippen LogP contribution in [0.25, 0.3) is 16.8 Å². The van der Waals surface area contributed by atoms with Gasteiger partial charge in [-0.25, -0.2) is 14.2 Å². The zero-order chi connectivity index (χ0) is 15.1. The quantitative estimate of drug-likeness (QED) is 0.787. The first kappa shape index (κ1) is 13.8. The third-order valence-electron chi connectivity index (χ3n) is 3.22. The minimum atomic E-state index is -0.513. The van der Waals surface area contributed by atoms with Gasteiger partial charge < -0.3 is 9.67 Å². The number of rotatable bonds is 2. The van der Waals surface area contributed by atoms with Crippen molar-refractivity contribution in [1.29, 1.82) is 0 Å². The van der Waals surface area contributed by atoms with E-state index in [9.17, 15) is 14.3 Å². The average Bonchev–Trinajstić information content (AvgIpc) is 2.90. The van der Waals surface area contributed by atoms with Crippen molar-refractivity contribution in [2.45, 2.75) is 6.61 Å². The molecule has 0 unspecified atom stereocenters. The number of benzene rings is 1. The number of aryl methyl sites for hydroxylation is 1. The van der Waals surface area contributed by atoms with Gasteiger partial charge in [0.15, 0.2) is 5.65 Å². The highest BCUT2D eigenvalue weighted by atomic mass is 35.5. The molecular weight excluding hydrogens is 297 g/mol. The van der Waals surface area contributed by atoms with Gasteiger partial charge in [-0.2, -0.15) is 0 Å². The molecule has 3 rings (SSSR count). The number of halogens is 2. The summed E-state index contributed by atoms with van der Waals surface area (Å²) < 4.78 is 16.0. The van der Waals surface area contributed by atoms with Crippen LogP contribution in [0.1, 0.15) is 5.69 Å². The molecule has 0 aliphatic carbocycles. The van der Waals surface area contributed by atoms with Crippen molar-refractivity contribution in [2.75, 3.05) is 0 Å². The maximum absolute atomic E-state index is 13.3. The lowest BCUT2D eigenvalue weighted by molar-refractivity contribution is 0.277. The number of aromatic nitrogens is 3. The predicted octanol–water partition coefficient (Wildman–Crippen LogP) is 1.98. The van der Waals surface area contributed by atoms with Crippen molar-refractivity contribution in [2.24, 2.45) is 7.05 Å². The fourth-order valence-electron chi connectivity index (χ4n) is 2.18. The number of nitrogens with zero attached hydrogens (tertiary/aromatic N) is 3. The Morgan fingerprint density at radius 2 is 2.14 bits per heavy atom. The fraction of sp³-hybridized carbons (Fsp3) is 0.143. The second kappa shape index (κ2) is 4.98. The van der Waals surface area contributed by atoms with Gasteiger partial charge in [0.1, 0.15) is 5.82 Å². The maximum Gasteiger partial charge on any atom is 0.333 e. The Bertz CT molecular complexity index is 901. The minimum Gasteiger partial charge on any atom is -0.390 e. The first-order valence-corrected chi connectivity index (χ1v) is 6.53. The standard InChI is InChI=1S/C14H11ClFN3O2/c1-18-6-10(8-2-3-12(16)11(15)4-8)13-17-9(7-20)5-19(13)14(18)21/h2-6,20H,7H2,1H3. The number of hydrogen-bond acceptors (Lipinski definition) is 3. The second-order valence-electron chi connectivity index (χ2n) is 4.65. The Balaban J connectivity index is 2.36. The molecule has 0 fully saturated rings. The van der Waals surface area contributed by atoms with Gasteiger partial charge in [0.05, 0.1) is 17.3 Å². The monoisotopic (exact) mass is 307 g/mol. The van der Waals surface area contributed by atoms with E-state index in [1.54, 1.807) is 19.3 Å². The molecule has 108 valence electrons. The largest absolute Gasteiger partial charge is 0.390 e. The Kier molecular flexibility index (Phi) is 3.27. The second-order valence-corrected chi connectivity index (χ2v) is 5.06. The lowest BCUT2D eigenvalue weighted by atomic mass is 10.1. The van der Waals surface area contributed by atoms with Crippen LogP contribution in [-0.2, 0) is 13.7 Å². The minimum absolute atomic E-state index is 0.00607. The van der Waals surface area contributed by atoms with Crippen LogP contribution in [0.15, 0.2) is 35.4 Å².